The van der Waals surface area contributed by atoms with E-state index >= 15 is 0 Å². The Morgan fingerprint density at radius 3 is 2.41 bits per heavy atom. The fourth-order valence-electron chi connectivity index (χ4n) is 6.55. The summed E-state index contributed by atoms with van der Waals surface area (Å²) in [6, 6.07) is 1.75. The zero-order valence-electron chi connectivity index (χ0n) is 20.0. The molecule has 34 heavy (non-hydrogen) atoms. The Kier molecular flexibility index (Phi) is 6.08. The van der Waals surface area contributed by atoms with Gasteiger partial charge in [-0.1, -0.05) is 13.8 Å². The number of carbonyl (C=O) groups excluding carboxylic acids is 4. The first-order valence-corrected chi connectivity index (χ1v) is 11.4. The molecule has 9 nitrogen and oxygen atoms in total. The molecule has 1 aliphatic heterocycles. The molecule has 1 aromatic heterocycles. The number of methoxy groups -OCH3 is 1. The van der Waals surface area contributed by atoms with Crippen LogP contribution in [-0.4, -0.2) is 43.2 Å². The van der Waals surface area contributed by atoms with Crippen LogP contribution in [-0.2, 0) is 38.1 Å². The maximum Gasteiger partial charge on any atom is 0.334 e. The van der Waals surface area contributed by atoms with Gasteiger partial charge in [0.2, 0.25) is 0 Å². The summed E-state index contributed by atoms with van der Waals surface area (Å²) in [4.78, 5) is 50.3. The number of hydrogen-bond donors (Lipinski definition) is 0. The number of esters is 4. The third-order valence-electron chi connectivity index (χ3n) is 7.84. The van der Waals surface area contributed by atoms with Crippen LogP contribution in [0.4, 0.5) is 0 Å². The highest BCUT2D eigenvalue weighted by molar-refractivity contribution is 5.91. The molecule has 0 amide bonds. The minimum atomic E-state index is -1.01. The number of cyclic esters (lactones) is 1. The summed E-state index contributed by atoms with van der Waals surface area (Å²) in [5.41, 5.74) is -0.474. The van der Waals surface area contributed by atoms with Crippen molar-refractivity contribution >= 4 is 23.9 Å². The Labute approximate surface area is 197 Å². The Hall–Kier alpha value is -3.10. The first-order valence-electron chi connectivity index (χ1n) is 11.4. The minimum Gasteiger partial charge on any atom is -0.472 e. The first kappa shape index (κ1) is 24.0. The van der Waals surface area contributed by atoms with Crippen LogP contribution in [0.1, 0.15) is 58.6 Å². The number of rotatable bonds is 4. The highest BCUT2D eigenvalue weighted by atomic mass is 16.6. The van der Waals surface area contributed by atoms with E-state index in [0.717, 1.165) is 5.56 Å². The quantitative estimate of drug-likeness (QED) is 0.478. The van der Waals surface area contributed by atoms with E-state index < -0.39 is 58.9 Å². The van der Waals surface area contributed by atoms with Gasteiger partial charge in [0, 0.05) is 36.3 Å². The van der Waals surface area contributed by atoms with Crippen molar-refractivity contribution in [3.05, 3.63) is 35.8 Å². The summed E-state index contributed by atoms with van der Waals surface area (Å²) in [5.74, 6) is -3.03. The lowest BCUT2D eigenvalue weighted by Crippen LogP contribution is -2.63. The molecule has 2 fully saturated rings. The molecule has 2 aliphatic carbocycles. The molecule has 0 spiro atoms. The van der Waals surface area contributed by atoms with Crippen LogP contribution in [0.15, 0.2) is 34.7 Å². The van der Waals surface area contributed by atoms with Crippen molar-refractivity contribution in [2.75, 3.05) is 7.11 Å². The summed E-state index contributed by atoms with van der Waals surface area (Å²) in [5, 5.41) is 0. The maximum atomic E-state index is 13.2. The summed E-state index contributed by atoms with van der Waals surface area (Å²) in [7, 11) is 1.29. The number of furan rings is 1. The van der Waals surface area contributed by atoms with E-state index in [9.17, 15) is 19.2 Å². The van der Waals surface area contributed by atoms with Crippen molar-refractivity contribution in [3.63, 3.8) is 0 Å². The molecule has 3 aliphatic rings. The second-order valence-electron chi connectivity index (χ2n) is 9.90. The number of hydrogen-bond acceptors (Lipinski definition) is 9. The van der Waals surface area contributed by atoms with Gasteiger partial charge in [0.1, 0.15) is 12.2 Å². The van der Waals surface area contributed by atoms with Gasteiger partial charge in [0.25, 0.3) is 0 Å². The van der Waals surface area contributed by atoms with Crippen LogP contribution in [0.5, 0.6) is 0 Å². The molecule has 0 aromatic carbocycles. The normalized spacial score (nSPS) is 36.8. The van der Waals surface area contributed by atoms with E-state index in [-0.39, 0.29) is 5.97 Å². The van der Waals surface area contributed by atoms with Crippen molar-refractivity contribution in [3.8, 4) is 0 Å². The van der Waals surface area contributed by atoms with E-state index in [2.05, 4.69) is 0 Å². The lowest BCUT2D eigenvalue weighted by molar-refractivity contribution is -0.216. The molecule has 1 aromatic rings. The van der Waals surface area contributed by atoms with Gasteiger partial charge in [-0.15, -0.1) is 0 Å². The molecule has 2 unspecified atom stereocenters. The highest BCUT2D eigenvalue weighted by Crippen LogP contribution is 2.65. The Morgan fingerprint density at radius 1 is 1.12 bits per heavy atom. The lowest BCUT2D eigenvalue weighted by atomic mass is 9.44. The number of fused-ring (bicyclic) bond motifs is 3. The van der Waals surface area contributed by atoms with Crippen molar-refractivity contribution in [1.82, 2.24) is 0 Å². The molecule has 0 radical (unpaired) electrons. The van der Waals surface area contributed by atoms with Crippen LogP contribution >= 0.6 is 0 Å². The molecule has 9 heteroatoms. The van der Waals surface area contributed by atoms with Crippen molar-refractivity contribution in [1.29, 1.82) is 0 Å². The van der Waals surface area contributed by atoms with E-state index in [4.69, 9.17) is 23.4 Å². The summed E-state index contributed by atoms with van der Waals surface area (Å²) in [6.45, 7) is 6.43. The predicted octanol–water partition coefficient (Wildman–Crippen LogP) is 3.28. The lowest BCUT2D eigenvalue weighted by Gasteiger charge is -2.61. The maximum absolute atomic E-state index is 13.2. The van der Waals surface area contributed by atoms with Gasteiger partial charge in [-0.25, -0.2) is 4.79 Å². The van der Waals surface area contributed by atoms with Crippen LogP contribution in [0, 0.1) is 22.7 Å². The van der Waals surface area contributed by atoms with Gasteiger partial charge in [0.15, 0.2) is 6.10 Å². The monoisotopic (exact) mass is 474 g/mol. The summed E-state index contributed by atoms with van der Waals surface area (Å²) < 4.78 is 27.4. The average molecular weight is 475 g/mol. The molecular formula is C25H30O9. The third kappa shape index (κ3) is 3.80. The van der Waals surface area contributed by atoms with Crippen molar-refractivity contribution in [2.45, 2.75) is 65.3 Å². The number of ether oxygens (including phenoxy) is 4. The van der Waals surface area contributed by atoms with Crippen LogP contribution in [0.25, 0.3) is 0 Å². The Bertz CT molecular complexity index is 1030. The van der Waals surface area contributed by atoms with E-state index in [1.165, 1.54) is 39.6 Å². The highest BCUT2D eigenvalue weighted by Gasteiger charge is 2.66. The van der Waals surface area contributed by atoms with Gasteiger partial charge in [-0.05, 0) is 36.8 Å². The standard InChI is InChI=1S/C25H30O9/c1-13(26)32-18-10-17(22(28)30-5)24(3)8-6-16-23(29)34-19(15-7-9-31-12-15)11-25(16,4)21(24)20(18)33-14(2)27/h7,9-10,12,16,18-21H,6,8,11H2,1-5H3/t16-,18+,19+,20?,21?,24+,25+/m1/s1. The fourth-order valence-corrected chi connectivity index (χ4v) is 6.55. The molecular weight excluding hydrogens is 444 g/mol. The number of carbonyl (C=O) groups is 4. The predicted molar refractivity (Wildman–Crippen MR) is 116 cm³/mol. The van der Waals surface area contributed by atoms with Crippen LogP contribution in [0.3, 0.4) is 0 Å². The van der Waals surface area contributed by atoms with Gasteiger partial charge in [-0.3, -0.25) is 14.4 Å². The molecule has 0 N–H and O–H groups in total. The molecule has 2 heterocycles. The summed E-state index contributed by atoms with van der Waals surface area (Å²) in [6.07, 6.45) is 3.49. The van der Waals surface area contributed by atoms with E-state index in [0.29, 0.717) is 24.8 Å². The molecule has 0 bridgehead atoms. The second-order valence-corrected chi connectivity index (χ2v) is 9.90. The van der Waals surface area contributed by atoms with Crippen molar-refractivity contribution < 1.29 is 42.5 Å². The van der Waals surface area contributed by atoms with Gasteiger partial charge in [-0.2, -0.15) is 0 Å². The minimum absolute atomic E-state index is 0.346. The van der Waals surface area contributed by atoms with Crippen molar-refractivity contribution in [2.24, 2.45) is 22.7 Å². The van der Waals surface area contributed by atoms with E-state index in [1.54, 1.807) is 6.07 Å². The molecule has 1 saturated carbocycles. The average Bonchev–Trinajstić information content (AvgIpc) is 3.28. The topological polar surface area (TPSA) is 118 Å². The van der Waals surface area contributed by atoms with Gasteiger partial charge >= 0.3 is 23.9 Å². The van der Waals surface area contributed by atoms with Gasteiger partial charge < -0.3 is 23.4 Å². The van der Waals surface area contributed by atoms with E-state index in [1.807, 2.05) is 13.8 Å². The molecule has 184 valence electrons. The smallest absolute Gasteiger partial charge is 0.334 e. The fraction of sp³-hybridized carbons (Fsp3) is 0.600. The molecule has 1 saturated heterocycles. The molecule has 7 atom stereocenters. The second kappa shape index (κ2) is 8.60. The van der Waals surface area contributed by atoms with Gasteiger partial charge in [0.05, 0.1) is 25.6 Å². The third-order valence-corrected chi connectivity index (χ3v) is 7.84. The Balaban J connectivity index is 1.88. The Morgan fingerprint density at radius 2 is 1.82 bits per heavy atom. The largest absolute Gasteiger partial charge is 0.472 e. The zero-order valence-corrected chi connectivity index (χ0v) is 20.0. The zero-order chi connectivity index (χ0) is 24.8. The summed E-state index contributed by atoms with van der Waals surface area (Å²) >= 11 is 0. The van der Waals surface area contributed by atoms with Crippen LogP contribution in [0.2, 0.25) is 0 Å². The van der Waals surface area contributed by atoms with Crippen LogP contribution < -0.4 is 0 Å². The first-order chi connectivity index (χ1) is 16.0. The molecule has 4 rings (SSSR count). The SMILES string of the molecule is COC(=O)C1=C[C@H](OC(C)=O)C(OC(C)=O)C2[C@@]1(C)CC[C@@H]1C(=O)O[C@H](c3ccoc3)C[C@]21C.